The van der Waals surface area contributed by atoms with E-state index in [1.165, 1.54) is 24.0 Å². The summed E-state index contributed by atoms with van der Waals surface area (Å²) in [6.45, 7) is 10.8. The van der Waals surface area contributed by atoms with Gasteiger partial charge in [0.1, 0.15) is 5.82 Å². The third-order valence-corrected chi connectivity index (χ3v) is 9.34. The van der Waals surface area contributed by atoms with Crippen molar-refractivity contribution >= 4 is 26.8 Å². The zero-order valence-electron chi connectivity index (χ0n) is 24.7. The summed E-state index contributed by atoms with van der Waals surface area (Å²) in [5.41, 5.74) is 3.12. The lowest BCUT2D eigenvalue weighted by Gasteiger charge is -2.42. The van der Waals surface area contributed by atoms with Crippen molar-refractivity contribution in [1.29, 1.82) is 0 Å². The summed E-state index contributed by atoms with van der Waals surface area (Å²) in [5, 5.41) is 1.10. The van der Waals surface area contributed by atoms with Gasteiger partial charge in [0.25, 0.3) is 5.91 Å². The monoisotopic (exact) mass is 583 g/mol. The number of amides is 1. The Labute approximate surface area is 243 Å². The molecule has 0 bridgehead atoms. The van der Waals surface area contributed by atoms with Crippen molar-refractivity contribution in [2.45, 2.75) is 77.4 Å². The fraction of sp³-hybridized carbons (Fsp3) is 0.548. The first-order chi connectivity index (χ1) is 19.4. The van der Waals surface area contributed by atoms with E-state index < -0.39 is 15.8 Å². The van der Waals surface area contributed by atoms with Gasteiger partial charge < -0.3 is 14.4 Å². The highest BCUT2D eigenvalue weighted by Crippen LogP contribution is 2.37. The molecule has 1 amide bonds. The van der Waals surface area contributed by atoms with Crippen molar-refractivity contribution in [3.05, 3.63) is 59.8 Å². The van der Waals surface area contributed by atoms with Crippen LogP contribution in [0.3, 0.4) is 0 Å². The SMILES string of the molecule is CC(C)N(C(=O)c1cc(F)ccc1-n1cc(C2CN(CC3CCC(NS(C)(=O)=O)CC3)C2)c2ccncc21)C(C)C. The first-order valence-electron chi connectivity index (χ1n) is 14.7. The number of fused-ring (bicyclic) bond motifs is 1. The molecule has 3 heterocycles. The number of pyridine rings is 1. The molecule has 2 aliphatic rings. The third kappa shape index (κ3) is 6.49. The van der Waals surface area contributed by atoms with E-state index in [1.54, 1.807) is 17.2 Å². The summed E-state index contributed by atoms with van der Waals surface area (Å²) in [4.78, 5) is 22.4. The van der Waals surface area contributed by atoms with Crippen molar-refractivity contribution in [1.82, 2.24) is 24.1 Å². The minimum absolute atomic E-state index is 0.0239. The van der Waals surface area contributed by atoms with Crippen LogP contribution in [-0.4, -0.2) is 77.7 Å². The second kappa shape index (κ2) is 11.8. The second-order valence-electron chi connectivity index (χ2n) is 12.4. The van der Waals surface area contributed by atoms with Gasteiger partial charge in [0.2, 0.25) is 10.0 Å². The van der Waals surface area contributed by atoms with Crippen molar-refractivity contribution in [3.8, 4) is 5.69 Å². The predicted octanol–water partition coefficient (Wildman–Crippen LogP) is 4.93. The summed E-state index contributed by atoms with van der Waals surface area (Å²) in [5.74, 6) is 0.312. The summed E-state index contributed by atoms with van der Waals surface area (Å²) >= 11 is 0. The van der Waals surface area contributed by atoms with Gasteiger partial charge in [0, 0.05) is 61.5 Å². The first kappa shape index (κ1) is 29.7. The predicted molar refractivity (Wildman–Crippen MR) is 160 cm³/mol. The smallest absolute Gasteiger partial charge is 0.256 e. The third-order valence-electron chi connectivity index (χ3n) is 8.58. The fourth-order valence-corrected chi connectivity index (χ4v) is 7.61. The lowest BCUT2D eigenvalue weighted by molar-refractivity contribution is 0.0643. The Morgan fingerprint density at radius 1 is 1.10 bits per heavy atom. The fourth-order valence-electron chi connectivity index (χ4n) is 6.77. The van der Waals surface area contributed by atoms with Gasteiger partial charge in [-0.3, -0.25) is 9.78 Å². The van der Waals surface area contributed by atoms with Crippen LogP contribution >= 0.6 is 0 Å². The van der Waals surface area contributed by atoms with Gasteiger partial charge in [0.15, 0.2) is 0 Å². The summed E-state index contributed by atoms with van der Waals surface area (Å²) in [7, 11) is -3.16. The Kier molecular flexibility index (Phi) is 8.55. The molecule has 1 aliphatic carbocycles. The molecule has 0 radical (unpaired) electrons. The van der Waals surface area contributed by atoms with Gasteiger partial charge in [-0.1, -0.05) is 0 Å². The van der Waals surface area contributed by atoms with E-state index in [0.717, 1.165) is 56.2 Å². The zero-order valence-corrected chi connectivity index (χ0v) is 25.5. The minimum atomic E-state index is -3.16. The van der Waals surface area contributed by atoms with E-state index in [-0.39, 0.29) is 24.0 Å². The highest BCUT2D eigenvalue weighted by atomic mass is 32.2. The Morgan fingerprint density at radius 3 is 2.41 bits per heavy atom. The summed E-state index contributed by atoms with van der Waals surface area (Å²) in [6.07, 6.45) is 10.8. The van der Waals surface area contributed by atoms with Crippen LogP contribution in [-0.2, 0) is 10.0 Å². The Hall–Kier alpha value is -2.82. The molecule has 10 heteroatoms. The van der Waals surface area contributed by atoms with Crippen molar-refractivity contribution in [2.75, 3.05) is 25.9 Å². The van der Waals surface area contributed by atoms with Crippen LogP contribution in [0, 0.1) is 11.7 Å². The molecule has 0 atom stereocenters. The Morgan fingerprint density at radius 2 is 1.78 bits per heavy atom. The number of nitrogens with zero attached hydrogens (tertiary/aromatic N) is 4. The average Bonchev–Trinajstić information content (AvgIpc) is 3.24. The Bertz CT molecular complexity index is 1500. The highest BCUT2D eigenvalue weighted by Gasteiger charge is 2.34. The quantitative estimate of drug-likeness (QED) is 0.386. The second-order valence-corrected chi connectivity index (χ2v) is 14.2. The number of carbonyl (C=O) groups is 1. The van der Waals surface area contributed by atoms with Gasteiger partial charge in [0.05, 0.1) is 29.2 Å². The molecule has 1 N–H and O–H groups in total. The van der Waals surface area contributed by atoms with Crippen LogP contribution in [0.25, 0.3) is 16.6 Å². The number of hydrogen-bond donors (Lipinski definition) is 1. The van der Waals surface area contributed by atoms with Crippen LogP contribution in [0.15, 0.2) is 42.9 Å². The molecule has 41 heavy (non-hydrogen) atoms. The summed E-state index contributed by atoms with van der Waals surface area (Å²) in [6, 6.07) is 6.49. The molecule has 0 spiro atoms. The lowest BCUT2D eigenvalue weighted by atomic mass is 9.84. The molecule has 1 aliphatic heterocycles. The molecule has 222 valence electrons. The van der Waals surface area contributed by atoms with E-state index in [4.69, 9.17) is 0 Å². The van der Waals surface area contributed by atoms with E-state index in [9.17, 15) is 17.6 Å². The normalized spacial score (nSPS) is 20.6. The van der Waals surface area contributed by atoms with Gasteiger partial charge in [-0.2, -0.15) is 0 Å². The number of sulfonamides is 1. The number of carbonyl (C=O) groups excluding carboxylic acids is 1. The maximum absolute atomic E-state index is 14.5. The average molecular weight is 584 g/mol. The van der Waals surface area contributed by atoms with Gasteiger partial charge in [-0.25, -0.2) is 17.5 Å². The van der Waals surface area contributed by atoms with Gasteiger partial charge in [-0.05, 0) is 89.1 Å². The van der Waals surface area contributed by atoms with Crippen molar-refractivity contribution < 1.29 is 17.6 Å². The van der Waals surface area contributed by atoms with Crippen LogP contribution in [0.2, 0.25) is 0 Å². The highest BCUT2D eigenvalue weighted by molar-refractivity contribution is 7.88. The number of nitrogens with one attached hydrogen (secondary N) is 1. The van der Waals surface area contributed by atoms with E-state index in [1.807, 2.05) is 44.5 Å². The zero-order chi connectivity index (χ0) is 29.5. The van der Waals surface area contributed by atoms with Crippen molar-refractivity contribution in [3.63, 3.8) is 0 Å². The molecule has 5 rings (SSSR count). The number of halogens is 1. The van der Waals surface area contributed by atoms with Gasteiger partial charge in [-0.15, -0.1) is 0 Å². The van der Waals surface area contributed by atoms with Gasteiger partial charge >= 0.3 is 0 Å². The molecular formula is C31H42FN5O3S. The topological polar surface area (TPSA) is 87.5 Å². The van der Waals surface area contributed by atoms with Crippen LogP contribution in [0.5, 0.6) is 0 Å². The molecule has 8 nitrogen and oxygen atoms in total. The molecule has 0 unspecified atom stereocenters. The first-order valence-corrected chi connectivity index (χ1v) is 16.6. The van der Waals surface area contributed by atoms with Crippen LogP contribution in [0.4, 0.5) is 4.39 Å². The largest absolute Gasteiger partial charge is 0.334 e. The van der Waals surface area contributed by atoms with Crippen LogP contribution < -0.4 is 4.72 Å². The number of hydrogen-bond acceptors (Lipinski definition) is 5. The Balaban J connectivity index is 1.35. The standard InChI is InChI=1S/C31H42FN5O3S/c1-20(2)37(21(3)4)31(38)27-14-24(32)8-11-29(27)36-19-28(26-12-13-33-15-30(26)36)23-17-35(18-23)16-22-6-9-25(10-7-22)34-41(5,39)40/h8,11-15,19-23,25,34H,6-7,9-10,16-18H2,1-5H3. The van der Waals surface area contributed by atoms with Crippen molar-refractivity contribution in [2.24, 2.45) is 5.92 Å². The number of benzene rings is 1. The van der Waals surface area contributed by atoms with E-state index in [0.29, 0.717) is 23.1 Å². The van der Waals surface area contributed by atoms with E-state index >= 15 is 0 Å². The number of aromatic nitrogens is 2. The molecule has 2 aromatic heterocycles. The summed E-state index contributed by atoms with van der Waals surface area (Å²) < 4.78 is 42.4. The number of rotatable bonds is 9. The minimum Gasteiger partial charge on any atom is -0.334 e. The molecule has 1 saturated carbocycles. The molecule has 1 aromatic carbocycles. The molecular weight excluding hydrogens is 541 g/mol. The van der Waals surface area contributed by atoms with E-state index in [2.05, 4.69) is 20.8 Å². The lowest BCUT2D eigenvalue weighted by Crippen LogP contribution is -2.48. The molecule has 1 saturated heterocycles. The molecule has 3 aromatic rings. The maximum Gasteiger partial charge on any atom is 0.256 e. The maximum atomic E-state index is 14.5. The number of likely N-dealkylation sites (tertiary alicyclic amines) is 1. The molecule has 2 fully saturated rings. The van der Waals surface area contributed by atoms with Crippen LogP contribution in [0.1, 0.15) is 75.2 Å².